The quantitative estimate of drug-likeness (QED) is 0.478. The van der Waals surface area contributed by atoms with Gasteiger partial charge in [-0.2, -0.15) is 0 Å². The molecule has 0 radical (unpaired) electrons. The zero-order valence-electron chi connectivity index (χ0n) is 16.8. The predicted octanol–water partition coefficient (Wildman–Crippen LogP) is 4.92. The highest BCUT2D eigenvalue weighted by molar-refractivity contribution is 6.03. The van der Waals surface area contributed by atoms with Crippen molar-refractivity contribution in [3.63, 3.8) is 0 Å². The number of aromatic nitrogens is 2. The van der Waals surface area contributed by atoms with E-state index in [1.807, 2.05) is 29.9 Å². The van der Waals surface area contributed by atoms with Gasteiger partial charge in [-0.25, -0.2) is 14.2 Å². The van der Waals surface area contributed by atoms with Crippen LogP contribution in [0.3, 0.4) is 0 Å². The lowest BCUT2D eigenvalue weighted by molar-refractivity contribution is 0.0601. The van der Waals surface area contributed by atoms with Gasteiger partial charge in [-0.05, 0) is 48.5 Å². The summed E-state index contributed by atoms with van der Waals surface area (Å²) in [5, 5.41) is 4.23. The van der Waals surface area contributed by atoms with Gasteiger partial charge in [0.1, 0.15) is 11.3 Å². The van der Waals surface area contributed by atoms with Crippen molar-refractivity contribution < 1.29 is 18.7 Å². The van der Waals surface area contributed by atoms with Gasteiger partial charge in [-0.15, -0.1) is 0 Å². The van der Waals surface area contributed by atoms with Gasteiger partial charge in [0.15, 0.2) is 0 Å². The predicted molar refractivity (Wildman–Crippen MR) is 114 cm³/mol. The Labute approximate surface area is 172 Å². The molecule has 0 saturated carbocycles. The number of esters is 1. The number of aryl methyl sites for hydroxylation is 1. The van der Waals surface area contributed by atoms with Crippen LogP contribution < -0.4 is 10.1 Å². The zero-order valence-corrected chi connectivity index (χ0v) is 16.8. The molecule has 0 atom stereocenters. The molecule has 0 amide bonds. The van der Waals surface area contributed by atoms with Crippen molar-refractivity contribution in [3.8, 4) is 17.0 Å². The third kappa shape index (κ3) is 3.45. The number of nitrogens with one attached hydrogen (secondary N) is 1. The molecule has 0 saturated heterocycles. The fraction of sp³-hybridized carbons (Fsp3) is 0.130. The third-order valence-corrected chi connectivity index (χ3v) is 4.90. The molecule has 2 heterocycles. The average Bonchev–Trinajstić information content (AvgIpc) is 3.11. The second-order valence-corrected chi connectivity index (χ2v) is 6.75. The number of nitrogens with zero attached hydrogens (tertiary/aromatic N) is 2. The summed E-state index contributed by atoms with van der Waals surface area (Å²) in [5.74, 6) is -0.224. The summed E-state index contributed by atoms with van der Waals surface area (Å²) >= 11 is 0. The van der Waals surface area contributed by atoms with E-state index in [9.17, 15) is 9.18 Å². The summed E-state index contributed by atoms with van der Waals surface area (Å²) in [6.45, 7) is 0. The molecule has 4 rings (SSSR count). The summed E-state index contributed by atoms with van der Waals surface area (Å²) in [6, 6.07) is 13.3. The number of pyridine rings is 1. The minimum absolute atomic E-state index is 0.310. The Balaban J connectivity index is 1.91. The molecular weight excluding hydrogens is 385 g/mol. The fourth-order valence-corrected chi connectivity index (χ4v) is 3.49. The Bertz CT molecular complexity index is 1230. The molecule has 1 N–H and O–H groups in total. The lowest BCUT2D eigenvalue weighted by atomic mass is 10.00. The van der Waals surface area contributed by atoms with Crippen molar-refractivity contribution in [3.05, 3.63) is 72.3 Å². The lowest BCUT2D eigenvalue weighted by Gasteiger charge is -2.13. The highest BCUT2D eigenvalue weighted by Gasteiger charge is 2.18. The SMILES string of the molecule is COC(=O)c1ccc(Nc2ccc(F)cc2)c(-c2cn(C)c3c(OC)nccc23)c1. The molecule has 0 aliphatic rings. The van der Waals surface area contributed by atoms with Crippen molar-refractivity contribution in [1.29, 1.82) is 0 Å². The monoisotopic (exact) mass is 405 g/mol. The van der Waals surface area contributed by atoms with Crippen molar-refractivity contribution in [1.82, 2.24) is 9.55 Å². The highest BCUT2D eigenvalue weighted by Crippen LogP contribution is 2.39. The molecule has 0 spiro atoms. The lowest BCUT2D eigenvalue weighted by Crippen LogP contribution is -2.02. The minimum atomic E-state index is -0.427. The van der Waals surface area contributed by atoms with Crippen LogP contribution in [-0.2, 0) is 11.8 Å². The van der Waals surface area contributed by atoms with Crippen LogP contribution in [0.2, 0.25) is 0 Å². The number of fused-ring (bicyclic) bond motifs is 1. The van der Waals surface area contributed by atoms with Crippen molar-refractivity contribution in [2.45, 2.75) is 0 Å². The molecule has 152 valence electrons. The van der Waals surface area contributed by atoms with Gasteiger partial charge in [0.2, 0.25) is 5.88 Å². The number of carbonyl (C=O) groups is 1. The third-order valence-electron chi connectivity index (χ3n) is 4.90. The first-order valence-corrected chi connectivity index (χ1v) is 9.25. The Morgan fingerprint density at radius 1 is 1.07 bits per heavy atom. The molecule has 7 heteroatoms. The van der Waals surface area contributed by atoms with E-state index in [4.69, 9.17) is 9.47 Å². The van der Waals surface area contributed by atoms with Gasteiger partial charge >= 0.3 is 5.97 Å². The van der Waals surface area contributed by atoms with Gasteiger partial charge in [0.25, 0.3) is 0 Å². The van der Waals surface area contributed by atoms with Gasteiger partial charge in [0.05, 0.1) is 19.8 Å². The Morgan fingerprint density at radius 3 is 2.53 bits per heavy atom. The van der Waals surface area contributed by atoms with E-state index in [2.05, 4.69) is 10.3 Å². The first kappa shape index (κ1) is 19.4. The maximum Gasteiger partial charge on any atom is 0.337 e. The molecule has 0 aliphatic heterocycles. The molecule has 0 bridgehead atoms. The van der Waals surface area contributed by atoms with Crippen LogP contribution in [-0.4, -0.2) is 29.7 Å². The number of hydrogen-bond donors (Lipinski definition) is 1. The Morgan fingerprint density at radius 2 is 1.83 bits per heavy atom. The number of rotatable bonds is 5. The summed E-state index contributed by atoms with van der Waals surface area (Å²) in [4.78, 5) is 16.4. The Kier molecular flexibility index (Phi) is 5.10. The van der Waals surface area contributed by atoms with Crippen LogP contribution in [0.1, 0.15) is 10.4 Å². The second-order valence-electron chi connectivity index (χ2n) is 6.75. The number of ether oxygens (including phenoxy) is 2. The van der Waals surface area contributed by atoms with Gasteiger partial charge < -0.3 is 19.4 Å². The molecule has 0 unspecified atom stereocenters. The normalized spacial score (nSPS) is 10.8. The van der Waals surface area contributed by atoms with E-state index in [-0.39, 0.29) is 5.82 Å². The van der Waals surface area contributed by atoms with E-state index >= 15 is 0 Å². The number of carbonyl (C=O) groups excluding carboxylic acids is 1. The van der Waals surface area contributed by atoms with Gasteiger partial charge in [-0.1, -0.05) is 0 Å². The number of benzene rings is 2. The number of hydrogen-bond acceptors (Lipinski definition) is 5. The molecule has 6 nitrogen and oxygen atoms in total. The molecule has 2 aromatic carbocycles. The molecule has 30 heavy (non-hydrogen) atoms. The van der Waals surface area contributed by atoms with E-state index in [0.717, 1.165) is 33.4 Å². The fourth-order valence-electron chi connectivity index (χ4n) is 3.49. The molecule has 0 aliphatic carbocycles. The van der Waals surface area contributed by atoms with Crippen LogP contribution in [0.4, 0.5) is 15.8 Å². The molecule has 2 aromatic heterocycles. The van der Waals surface area contributed by atoms with E-state index in [1.54, 1.807) is 37.6 Å². The van der Waals surface area contributed by atoms with Crippen LogP contribution in [0, 0.1) is 5.82 Å². The van der Waals surface area contributed by atoms with Crippen LogP contribution >= 0.6 is 0 Å². The first-order valence-electron chi connectivity index (χ1n) is 9.25. The first-order chi connectivity index (χ1) is 14.5. The highest BCUT2D eigenvalue weighted by atomic mass is 19.1. The topological polar surface area (TPSA) is 65.4 Å². The summed E-state index contributed by atoms with van der Waals surface area (Å²) in [7, 11) is 4.84. The van der Waals surface area contributed by atoms with E-state index < -0.39 is 5.97 Å². The summed E-state index contributed by atoms with van der Waals surface area (Å²) in [5.41, 5.74) is 4.44. The van der Waals surface area contributed by atoms with Gasteiger partial charge in [0, 0.05) is 47.3 Å². The Hall–Kier alpha value is -3.87. The van der Waals surface area contributed by atoms with E-state index in [0.29, 0.717) is 11.4 Å². The zero-order chi connectivity index (χ0) is 21.3. The van der Waals surface area contributed by atoms with E-state index in [1.165, 1.54) is 19.2 Å². The van der Waals surface area contributed by atoms with Crippen LogP contribution in [0.5, 0.6) is 5.88 Å². The molecule has 0 fully saturated rings. The smallest absolute Gasteiger partial charge is 0.337 e. The van der Waals surface area contributed by atoms with Crippen LogP contribution in [0.15, 0.2) is 60.9 Å². The maximum absolute atomic E-state index is 13.3. The molecule has 4 aromatic rings. The summed E-state index contributed by atoms with van der Waals surface area (Å²) in [6.07, 6.45) is 3.64. The standard InChI is InChI=1S/C23H20FN3O3/c1-27-13-19(17-10-11-25-22(29-2)21(17)27)18-12-14(23(28)30-3)4-9-20(18)26-16-7-5-15(24)6-8-16/h4-13,26H,1-3H3. The van der Waals surface area contributed by atoms with Crippen molar-refractivity contribution >= 4 is 28.2 Å². The summed E-state index contributed by atoms with van der Waals surface area (Å²) < 4.78 is 25.5. The number of anilines is 2. The van der Waals surface area contributed by atoms with Crippen LogP contribution in [0.25, 0.3) is 22.0 Å². The average molecular weight is 405 g/mol. The van der Waals surface area contributed by atoms with Crippen molar-refractivity contribution in [2.75, 3.05) is 19.5 Å². The van der Waals surface area contributed by atoms with Gasteiger partial charge in [-0.3, -0.25) is 0 Å². The molecular formula is C23H20FN3O3. The second kappa shape index (κ2) is 7.87. The number of methoxy groups -OCH3 is 2. The van der Waals surface area contributed by atoms with Crippen molar-refractivity contribution in [2.24, 2.45) is 7.05 Å². The number of halogens is 1. The largest absolute Gasteiger partial charge is 0.479 e. The maximum atomic E-state index is 13.3. The minimum Gasteiger partial charge on any atom is -0.479 e.